The molecule has 0 radical (unpaired) electrons. The molecule has 2 aliphatic rings. The van der Waals surface area contributed by atoms with Crippen molar-refractivity contribution >= 4 is 55.5 Å². The van der Waals surface area contributed by atoms with E-state index in [0.717, 1.165) is 17.6 Å². The van der Waals surface area contributed by atoms with Gasteiger partial charge in [-0.25, -0.2) is 0 Å². The second kappa shape index (κ2) is 8.37. The van der Waals surface area contributed by atoms with E-state index in [0.29, 0.717) is 0 Å². The van der Waals surface area contributed by atoms with Crippen molar-refractivity contribution in [2.24, 2.45) is 0 Å². The van der Waals surface area contributed by atoms with Crippen molar-refractivity contribution in [2.75, 3.05) is 4.90 Å². The van der Waals surface area contributed by atoms with Crippen LogP contribution in [0.25, 0.3) is 20.2 Å². The largest absolute Gasteiger partial charge is 0.494 e. The molecular formula is C30H30BNO2S. The molecule has 176 valence electrons. The standard InChI is InChI=1S/C30H30BNO2S/c1-29(2)30(3,4)34-31(33-29)21-14-16-23(17-15-21)32(22-10-6-5-7-11-22)24-18-19-28-26(20-24)25-12-8-9-13-27(25)35-28/h5-10,12-20,22H,11H2,1-4H3. The van der Waals surface area contributed by atoms with E-state index in [2.05, 4.69) is 124 Å². The van der Waals surface area contributed by atoms with Crippen LogP contribution >= 0.6 is 11.3 Å². The van der Waals surface area contributed by atoms with E-state index >= 15 is 0 Å². The van der Waals surface area contributed by atoms with Gasteiger partial charge < -0.3 is 14.2 Å². The minimum Gasteiger partial charge on any atom is -0.399 e. The quantitative estimate of drug-likeness (QED) is 0.285. The second-order valence-corrected chi connectivity index (χ2v) is 11.5. The van der Waals surface area contributed by atoms with Gasteiger partial charge in [-0.15, -0.1) is 11.3 Å². The first-order chi connectivity index (χ1) is 16.8. The van der Waals surface area contributed by atoms with Crippen LogP contribution in [0.5, 0.6) is 0 Å². The van der Waals surface area contributed by atoms with E-state index in [4.69, 9.17) is 9.31 Å². The minimum absolute atomic E-state index is 0.255. The molecule has 35 heavy (non-hydrogen) atoms. The Morgan fingerprint density at radius 2 is 1.49 bits per heavy atom. The van der Waals surface area contributed by atoms with Crippen molar-refractivity contribution in [3.63, 3.8) is 0 Å². The summed E-state index contributed by atoms with van der Waals surface area (Å²) >= 11 is 1.86. The van der Waals surface area contributed by atoms with E-state index in [1.807, 2.05) is 11.3 Å². The molecule has 1 aliphatic carbocycles. The molecule has 1 aliphatic heterocycles. The van der Waals surface area contributed by atoms with Gasteiger partial charge in [0.05, 0.1) is 17.2 Å². The van der Waals surface area contributed by atoms with Crippen molar-refractivity contribution in [1.29, 1.82) is 0 Å². The van der Waals surface area contributed by atoms with Crippen LogP contribution in [-0.4, -0.2) is 24.4 Å². The molecule has 5 heteroatoms. The zero-order valence-electron chi connectivity index (χ0n) is 20.7. The fourth-order valence-electron chi connectivity index (χ4n) is 4.93. The molecule has 0 spiro atoms. The van der Waals surface area contributed by atoms with Crippen molar-refractivity contribution < 1.29 is 9.31 Å². The first-order valence-electron chi connectivity index (χ1n) is 12.3. The molecule has 1 atom stereocenters. The van der Waals surface area contributed by atoms with E-state index in [9.17, 15) is 0 Å². The summed E-state index contributed by atoms with van der Waals surface area (Å²) in [5, 5.41) is 2.64. The summed E-state index contributed by atoms with van der Waals surface area (Å²) < 4.78 is 15.2. The third-order valence-electron chi connectivity index (χ3n) is 7.62. The highest BCUT2D eigenvalue weighted by atomic mass is 32.1. The van der Waals surface area contributed by atoms with Crippen LogP contribution in [0.3, 0.4) is 0 Å². The van der Waals surface area contributed by atoms with Crippen molar-refractivity contribution in [1.82, 2.24) is 0 Å². The summed E-state index contributed by atoms with van der Waals surface area (Å²) in [5.74, 6) is 0. The summed E-state index contributed by atoms with van der Waals surface area (Å²) in [6.45, 7) is 8.37. The number of hydrogen-bond donors (Lipinski definition) is 0. The Morgan fingerprint density at radius 1 is 0.800 bits per heavy atom. The molecule has 1 unspecified atom stereocenters. The maximum Gasteiger partial charge on any atom is 0.494 e. The number of nitrogens with zero attached hydrogens (tertiary/aromatic N) is 1. The third kappa shape index (κ3) is 3.92. The number of thiophene rings is 1. The predicted molar refractivity (Wildman–Crippen MR) is 150 cm³/mol. The Balaban J connectivity index is 1.39. The number of fused-ring (bicyclic) bond motifs is 3. The molecule has 4 aromatic rings. The predicted octanol–water partition coefficient (Wildman–Crippen LogP) is 7.38. The Labute approximate surface area is 211 Å². The minimum atomic E-state index is -0.353. The molecule has 0 N–H and O–H groups in total. The van der Waals surface area contributed by atoms with E-state index in [-0.39, 0.29) is 24.4 Å². The molecule has 3 nitrogen and oxygen atoms in total. The van der Waals surface area contributed by atoms with Gasteiger partial charge in [0, 0.05) is 31.5 Å². The molecule has 1 saturated heterocycles. The summed E-state index contributed by atoms with van der Waals surface area (Å²) in [4.78, 5) is 2.44. The van der Waals surface area contributed by atoms with Gasteiger partial charge in [-0.05, 0) is 76.0 Å². The average Bonchev–Trinajstić information content (AvgIpc) is 3.33. The van der Waals surface area contributed by atoms with Gasteiger partial charge in [0.15, 0.2) is 0 Å². The molecule has 1 aromatic heterocycles. The molecule has 3 aromatic carbocycles. The maximum absolute atomic E-state index is 6.28. The third-order valence-corrected chi connectivity index (χ3v) is 8.78. The Kier molecular flexibility index (Phi) is 5.41. The first-order valence-corrected chi connectivity index (χ1v) is 13.1. The fourth-order valence-corrected chi connectivity index (χ4v) is 6.01. The lowest BCUT2D eigenvalue weighted by Crippen LogP contribution is -2.41. The number of benzene rings is 3. The average molecular weight is 479 g/mol. The van der Waals surface area contributed by atoms with E-state index in [1.165, 1.54) is 25.9 Å². The van der Waals surface area contributed by atoms with E-state index in [1.54, 1.807) is 0 Å². The summed E-state index contributed by atoms with van der Waals surface area (Å²) in [7, 11) is -0.353. The lowest BCUT2D eigenvalue weighted by Gasteiger charge is -2.33. The van der Waals surface area contributed by atoms with Gasteiger partial charge in [0.2, 0.25) is 0 Å². The summed E-state index contributed by atoms with van der Waals surface area (Å²) in [5.41, 5.74) is 2.72. The van der Waals surface area contributed by atoms with Crippen molar-refractivity contribution in [2.45, 2.75) is 51.4 Å². The maximum atomic E-state index is 6.28. The van der Waals surface area contributed by atoms with Crippen LogP contribution in [0.1, 0.15) is 34.1 Å². The SMILES string of the molecule is CC1(C)OB(c2ccc(N(c3ccc4sc5ccccc5c4c3)C3C=CC=CC3)cc2)OC1(C)C. The highest BCUT2D eigenvalue weighted by Crippen LogP contribution is 2.39. The van der Waals surface area contributed by atoms with Crippen molar-refractivity contribution in [3.05, 3.63) is 91.0 Å². The molecule has 2 heterocycles. The normalized spacial score (nSPS) is 20.7. The Morgan fingerprint density at radius 3 is 2.20 bits per heavy atom. The number of anilines is 2. The van der Waals surface area contributed by atoms with Crippen molar-refractivity contribution in [3.8, 4) is 0 Å². The monoisotopic (exact) mass is 479 g/mol. The van der Waals surface area contributed by atoms with Gasteiger partial charge >= 0.3 is 7.12 Å². The topological polar surface area (TPSA) is 21.7 Å². The van der Waals surface area contributed by atoms with Gasteiger partial charge in [-0.3, -0.25) is 0 Å². The Hall–Kier alpha value is -2.86. The molecule has 0 amide bonds. The molecule has 6 rings (SSSR count). The fraction of sp³-hybridized carbons (Fsp3) is 0.267. The number of allylic oxidation sites excluding steroid dienone is 2. The van der Waals surface area contributed by atoms with Crippen LogP contribution in [0.4, 0.5) is 11.4 Å². The molecule has 0 saturated carbocycles. The number of rotatable bonds is 4. The molecular weight excluding hydrogens is 449 g/mol. The highest BCUT2D eigenvalue weighted by molar-refractivity contribution is 7.25. The second-order valence-electron chi connectivity index (χ2n) is 10.4. The first kappa shape index (κ1) is 22.6. The number of hydrogen-bond acceptors (Lipinski definition) is 4. The Bertz CT molecular complexity index is 1430. The molecule has 1 fully saturated rings. The van der Waals surface area contributed by atoms with Crippen LogP contribution in [0, 0.1) is 0 Å². The summed E-state index contributed by atoms with van der Waals surface area (Å²) in [6, 6.07) is 24.5. The van der Waals surface area contributed by atoms with Gasteiger partial charge in [0.25, 0.3) is 0 Å². The van der Waals surface area contributed by atoms with E-state index < -0.39 is 0 Å². The van der Waals surface area contributed by atoms with Crippen LogP contribution < -0.4 is 10.4 Å². The zero-order valence-corrected chi connectivity index (χ0v) is 21.5. The molecule has 0 bridgehead atoms. The smallest absolute Gasteiger partial charge is 0.399 e. The van der Waals surface area contributed by atoms with Gasteiger partial charge in [-0.1, -0.05) is 54.6 Å². The highest BCUT2D eigenvalue weighted by Gasteiger charge is 2.51. The van der Waals surface area contributed by atoms with Gasteiger partial charge in [-0.2, -0.15) is 0 Å². The summed E-state index contributed by atoms with van der Waals surface area (Å²) in [6.07, 6.45) is 9.79. The zero-order chi connectivity index (χ0) is 24.2. The van der Waals surface area contributed by atoms with Crippen LogP contribution in [-0.2, 0) is 9.31 Å². The lowest BCUT2D eigenvalue weighted by molar-refractivity contribution is 0.00578. The van der Waals surface area contributed by atoms with Crippen LogP contribution in [0.15, 0.2) is 91.0 Å². The van der Waals surface area contributed by atoms with Crippen LogP contribution in [0.2, 0.25) is 0 Å². The van der Waals surface area contributed by atoms with Gasteiger partial charge in [0.1, 0.15) is 0 Å². The lowest BCUT2D eigenvalue weighted by atomic mass is 9.79.